The first-order valence-corrected chi connectivity index (χ1v) is 6.69. The van der Waals surface area contributed by atoms with Gasteiger partial charge >= 0.3 is 37.7 Å². The molecule has 96 valence electrons. The van der Waals surface area contributed by atoms with Gasteiger partial charge in [-0.1, -0.05) is 12.8 Å². The van der Waals surface area contributed by atoms with Crippen LogP contribution in [0.15, 0.2) is 0 Å². The van der Waals surface area contributed by atoms with Crippen LogP contribution in [0.25, 0.3) is 0 Å². The summed E-state index contributed by atoms with van der Waals surface area (Å²) in [6.07, 6.45) is 7.50. The fourth-order valence-corrected chi connectivity index (χ4v) is 2.95. The fraction of sp³-hybridized carbons (Fsp3) is 0.857. The number of likely N-dealkylation sites (N-methyl/N-ethyl adjacent to an activating group) is 2. The smallest absolute Gasteiger partial charge is 0.342 e. The summed E-state index contributed by atoms with van der Waals surface area (Å²) in [5.74, 6) is 0. The van der Waals surface area contributed by atoms with Gasteiger partial charge in [0.1, 0.15) is 0 Å². The van der Waals surface area contributed by atoms with E-state index in [0.717, 1.165) is 38.0 Å². The molecule has 1 fully saturated rings. The maximum absolute atomic E-state index is 3.96. The average molecular weight is 238 g/mol. The Morgan fingerprint density at radius 1 is 0.833 bits per heavy atom. The Morgan fingerprint density at radius 3 is 1.44 bits per heavy atom. The second kappa shape index (κ2) is 11.9. The molecule has 2 nitrogen and oxygen atoms in total. The van der Waals surface area contributed by atoms with Crippen LogP contribution in [0.1, 0.15) is 38.5 Å². The topological polar surface area (TPSA) is 6.48 Å². The zero-order chi connectivity index (χ0) is 12.0. The van der Waals surface area contributed by atoms with Crippen LogP contribution >= 0.6 is 0 Å². The van der Waals surface area contributed by atoms with Crippen LogP contribution in [0.5, 0.6) is 0 Å². The zero-order valence-electron chi connectivity index (χ0n) is 13.1. The van der Waals surface area contributed by atoms with Crippen molar-refractivity contribution in [3.05, 3.63) is 13.8 Å². The van der Waals surface area contributed by atoms with Gasteiger partial charge in [0.25, 0.3) is 0 Å². The molecule has 0 spiro atoms. The molecular weight excluding hydrogens is 210 g/mol. The Labute approximate surface area is 139 Å². The van der Waals surface area contributed by atoms with E-state index in [2.05, 4.69) is 37.7 Å². The predicted molar refractivity (Wildman–Crippen MR) is 71.3 cm³/mol. The molecule has 0 radical (unpaired) electrons. The minimum atomic E-state index is 0. The molecule has 2 unspecified atom stereocenters. The van der Waals surface area contributed by atoms with Gasteiger partial charge in [0.15, 0.2) is 0 Å². The molecule has 1 aliphatic carbocycles. The average Bonchev–Trinajstić information content (AvgIpc) is 2.30. The van der Waals surface area contributed by atoms with Crippen molar-refractivity contribution in [2.24, 2.45) is 0 Å². The molecule has 4 heteroatoms. The van der Waals surface area contributed by atoms with Gasteiger partial charge in [-0.05, 0) is 40.0 Å². The Hall–Kier alpha value is 1.11. The minimum absolute atomic E-state index is 0. The van der Waals surface area contributed by atoms with Crippen molar-refractivity contribution in [3.63, 3.8) is 0 Å². The van der Waals surface area contributed by atoms with Crippen LogP contribution < -0.4 is 37.7 Å². The molecule has 0 bridgehead atoms. The van der Waals surface area contributed by atoms with Gasteiger partial charge in [0, 0.05) is 12.1 Å². The van der Waals surface area contributed by atoms with E-state index in [1.807, 2.05) is 0 Å². The summed E-state index contributed by atoms with van der Waals surface area (Å²) in [4.78, 5) is 5.02. The first kappa shape index (κ1) is 21.4. The first-order chi connectivity index (χ1) is 7.70. The molecule has 0 heterocycles. The van der Waals surface area contributed by atoms with E-state index >= 15 is 0 Å². The van der Waals surface area contributed by atoms with Crippen molar-refractivity contribution in [3.8, 4) is 0 Å². The van der Waals surface area contributed by atoms with Crippen molar-refractivity contribution < 1.29 is 37.7 Å². The molecule has 0 aromatic carbocycles. The third-order valence-corrected chi connectivity index (χ3v) is 3.85. The molecule has 0 N–H and O–H groups in total. The first-order valence-electron chi connectivity index (χ1n) is 6.69. The number of rotatable bonds is 6. The molecule has 0 saturated heterocycles. The minimum Gasteiger partial charge on any atom is -0.342 e. The molecule has 18 heavy (non-hydrogen) atoms. The van der Waals surface area contributed by atoms with Gasteiger partial charge in [0.2, 0.25) is 0 Å². The summed E-state index contributed by atoms with van der Waals surface area (Å²) >= 11 is 0. The van der Waals surface area contributed by atoms with Crippen molar-refractivity contribution in [1.82, 2.24) is 9.80 Å². The van der Waals surface area contributed by atoms with Gasteiger partial charge in [0.05, 0.1) is 0 Å². The maximum Gasteiger partial charge on any atom is 1.00 e. The number of hydrogen-bond acceptors (Lipinski definition) is 2. The fourth-order valence-electron chi connectivity index (χ4n) is 2.95. The van der Waals surface area contributed by atoms with Gasteiger partial charge in [-0.15, -0.1) is 0 Å². The summed E-state index contributed by atoms with van der Waals surface area (Å²) in [5.41, 5.74) is 0. The summed E-state index contributed by atoms with van der Waals surface area (Å²) in [6, 6.07) is 1.46. The Balaban J connectivity index is 0. The number of nitrogens with zero attached hydrogens (tertiary/aromatic N) is 2. The Kier molecular flexibility index (Phi) is 14.2. The van der Waals surface area contributed by atoms with E-state index in [0.29, 0.717) is 0 Å². The van der Waals surface area contributed by atoms with Crippen molar-refractivity contribution in [2.75, 3.05) is 27.2 Å². The van der Waals surface area contributed by atoms with Crippen molar-refractivity contribution in [1.29, 1.82) is 0 Å². The molecule has 0 aliphatic heterocycles. The molecule has 1 aliphatic rings. The summed E-state index contributed by atoms with van der Waals surface area (Å²) in [6.45, 7) is 10.2. The molecule has 2 atom stereocenters. The van der Waals surface area contributed by atoms with Crippen LogP contribution in [-0.2, 0) is 0 Å². The van der Waals surface area contributed by atoms with E-state index in [1.165, 1.54) is 25.7 Å². The monoisotopic (exact) mass is 238 g/mol. The summed E-state index contributed by atoms with van der Waals surface area (Å²) < 4.78 is 0. The van der Waals surface area contributed by atoms with Crippen LogP contribution in [-0.4, -0.2) is 49.1 Å². The Bertz CT molecular complexity index is 171. The predicted octanol–water partition coefficient (Wildman–Crippen LogP) is -3.38. The standard InChI is InChI=1S/C14H28N2.2Li/c1-5-11-15(3)13-9-7-8-10-14(13)16(4)12-6-2;;/h13-14H,1-2,5-12H2,3-4H3;;/q-2;2*+1. The van der Waals surface area contributed by atoms with Gasteiger partial charge in [-0.25, -0.2) is 0 Å². The number of hydrogen-bond donors (Lipinski definition) is 0. The van der Waals surface area contributed by atoms with Crippen LogP contribution in [0.3, 0.4) is 0 Å². The van der Waals surface area contributed by atoms with Gasteiger partial charge in [-0.2, -0.15) is 12.8 Å². The zero-order valence-corrected chi connectivity index (χ0v) is 13.1. The third kappa shape index (κ3) is 6.52. The van der Waals surface area contributed by atoms with E-state index < -0.39 is 0 Å². The second-order valence-corrected chi connectivity index (χ2v) is 5.09. The normalized spacial score (nSPS) is 23.7. The Morgan fingerprint density at radius 2 is 1.17 bits per heavy atom. The van der Waals surface area contributed by atoms with E-state index in [-0.39, 0.29) is 37.7 Å². The van der Waals surface area contributed by atoms with Gasteiger partial charge < -0.3 is 23.6 Å². The second-order valence-electron chi connectivity index (χ2n) is 5.09. The molecule has 1 rings (SSSR count). The molecule has 1 saturated carbocycles. The SMILES string of the molecule is [CH2-]CCN(C)C1CCCCC1N(C)CC[CH2-].[Li+].[Li+]. The van der Waals surface area contributed by atoms with E-state index in [9.17, 15) is 0 Å². The van der Waals surface area contributed by atoms with Crippen molar-refractivity contribution in [2.45, 2.75) is 50.6 Å². The van der Waals surface area contributed by atoms with Gasteiger partial charge in [-0.3, -0.25) is 0 Å². The van der Waals surface area contributed by atoms with E-state index in [1.54, 1.807) is 0 Å². The molecule has 0 aromatic heterocycles. The molecule has 0 aromatic rings. The quantitative estimate of drug-likeness (QED) is 0.352. The summed E-state index contributed by atoms with van der Waals surface area (Å²) in [5, 5.41) is 0. The van der Waals surface area contributed by atoms with Crippen LogP contribution in [0.2, 0.25) is 0 Å². The van der Waals surface area contributed by atoms with E-state index in [4.69, 9.17) is 0 Å². The molecule has 0 amide bonds. The van der Waals surface area contributed by atoms with Crippen molar-refractivity contribution >= 4 is 0 Å². The largest absolute Gasteiger partial charge is 1.00 e. The van der Waals surface area contributed by atoms with Crippen LogP contribution in [0.4, 0.5) is 0 Å². The van der Waals surface area contributed by atoms with Crippen LogP contribution in [0, 0.1) is 13.8 Å². The molecular formula is C14H28Li2N2. The maximum atomic E-state index is 3.96. The summed E-state index contributed by atoms with van der Waals surface area (Å²) in [7, 11) is 4.51. The third-order valence-electron chi connectivity index (χ3n) is 3.85.